The molecule has 0 saturated carbocycles. The maximum atomic E-state index is 11.7. The molecule has 1 aliphatic heterocycles. The van der Waals surface area contributed by atoms with E-state index in [0.717, 1.165) is 11.3 Å². The Morgan fingerprint density at radius 3 is 2.65 bits per heavy atom. The van der Waals surface area contributed by atoms with Crippen LogP contribution >= 0.6 is 0 Å². The molecule has 3 rings (SSSR count). The molecule has 7 nitrogen and oxygen atoms in total. The average Bonchev–Trinajstić information content (AvgIpc) is 3.09. The molecule has 0 bridgehead atoms. The van der Waals surface area contributed by atoms with Crippen molar-refractivity contribution in [3.05, 3.63) is 53.9 Å². The van der Waals surface area contributed by atoms with Gasteiger partial charge in [0.25, 0.3) is 0 Å². The van der Waals surface area contributed by atoms with E-state index in [4.69, 9.17) is 19.0 Å². The second kappa shape index (κ2) is 7.43. The van der Waals surface area contributed by atoms with Crippen LogP contribution in [-0.2, 0) is 9.57 Å². The van der Waals surface area contributed by atoms with E-state index in [-0.39, 0.29) is 6.61 Å². The molecule has 1 aromatic carbocycles. The van der Waals surface area contributed by atoms with Gasteiger partial charge in [-0.15, -0.1) is 0 Å². The van der Waals surface area contributed by atoms with Crippen molar-refractivity contribution in [2.24, 2.45) is 5.16 Å². The normalized spacial score (nSPS) is 18.7. The Bertz CT molecular complexity index is 822. The molecule has 1 atom stereocenters. The summed E-state index contributed by atoms with van der Waals surface area (Å²) in [5, 5.41) is 4.18. The molecule has 0 aliphatic carbocycles. The predicted octanol–water partition coefficient (Wildman–Crippen LogP) is 2.84. The molecule has 136 valence electrons. The molecule has 2 heterocycles. The second-order valence-electron chi connectivity index (χ2n) is 6.14. The van der Waals surface area contributed by atoms with E-state index in [1.807, 2.05) is 19.1 Å². The zero-order valence-electron chi connectivity index (χ0n) is 14.9. The first kappa shape index (κ1) is 17.7. The van der Waals surface area contributed by atoms with E-state index in [1.54, 1.807) is 37.7 Å². The van der Waals surface area contributed by atoms with Crippen molar-refractivity contribution in [2.45, 2.75) is 18.9 Å². The summed E-state index contributed by atoms with van der Waals surface area (Å²) in [4.78, 5) is 21.3. The fourth-order valence-electron chi connectivity index (χ4n) is 2.63. The Labute approximate surface area is 151 Å². The van der Waals surface area contributed by atoms with Crippen molar-refractivity contribution in [2.75, 3.05) is 20.8 Å². The summed E-state index contributed by atoms with van der Waals surface area (Å²) >= 11 is 0. The Kier molecular flexibility index (Phi) is 5.06. The van der Waals surface area contributed by atoms with E-state index in [9.17, 15) is 4.79 Å². The second-order valence-corrected chi connectivity index (χ2v) is 6.14. The monoisotopic (exact) mass is 356 g/mol. The Morgan fingerprint density at radius 2 is 1.96 bits per heavy atom. The van der Waals surface area contributed by atoms with Crippen LogP contribution in [0.4, 0.5) is 0 Å². The molecule has 0 amide bonds. The molecule has 0 saturated heterocycles. The smallest absolute Gasteiger partial charge is 0.337 e. The van der Waals surface area contributed by atoms with Gasteiger partial charge in [-0.05, 0) is 37.3 Å². The fourth-order valence-corrected chi connectivity index (χ4v) is 2.63. The number of ether oxygens (including phenoxy) is 3. The molecular weight excluding hydrogens is 336 g/mol. The SMILES string of the molecule is COC(=O)c1ccc(OC)c(OCC2(C)CC(c3ccncc3)=NO2)c1. The highest BCUT2D eigenvalue weighted by atomic mass is 16.7. The van der Waals surface area contributed by atoms with Crippen LogP contribution in [0, 0.1) is 0 Å². The minimum Gasteiger partial charge on any atom is -0.493 e. The van der Waals surface area contributed by atoms with Crippen LogP contribution in [0.5, 0.6) is 11.5 Å². The van der Waals surface area contributed by atoms with Crippen LogP contribution in [0.15, 0.2) is 47.9 Å². The molecule has 7 heteroatoms. The zero-order chi connectivity index (χ0) is 18.6. The fraction of sp³-hybridized carbons (Fsp3) is 0.316. The number of carbonyl (C=O) groups excluding carboxylic acids is 1. The van der Waals surface area contributed by atoms with Crippen LogP contribution in [0.3, 0.4) is 0 Å². The number of oxime groups is 1. The van der Waals surface area contributed by atoms with Gasteiger partial charge in [0.05, 0.1) is 25.5 Å². The Morgan fingerprint density at radius 1 is 1.19 bits per heavy atom. The molecule has 1 aliphatic rings. The van der Waals surface area contributed by atoms with Gasteiger partial charge in [0.2, 0.25) is 0 Å². The highest BCUT2D eigenvalue weighted by molar-refractivity contribution is 6.01. The van der Waals surface area contributed by atoms with Gasteiger partial charge in [-0.1, -0.05) is 5.16 Å². The third-order valence-corrected chi connectivity index (χ3v) is 4.05. The van der Waals surface area contributed by atoms with Gasteiger partial charge in [-0.3, -0.25) is 4.98 Å². The van der Waals surface area contributed by atoms with Crippen molar-refractivity contribution in [1.82, 2.24) is 4.98 Å². The van der Waals surface area contributed by atoms with Crippen LogP contribution in [0.25, 0.3) is 0 Å². The van der Waals surface area contributed by atoms with Crippen molar-refractivity contribution >= 4 is 11.7 Å². The van der Waals surface area contributed by atoms with Gasteiger partial charge in [0.1, 0.15) is 6.61 Å². The van der Waals surface area contributed by atoms with Crippen molar-refractivity contribution < 1.29 is 23.8 Å². The van der Waals surface area contributed by atoms with Gasteiger partial charge in [-0.25, -0.2) is 4.79 Å². The number of hydrogen-bond acceptors (Lipinski definition) is 7. The number of benzene rings is 1. The van der Waals surface area contributed by atoms with Crippen LogP contribution < -0.4 is 9.47 Å². The number of hydrogen-bond donors (Lipinski definition) is 0. The summed E-state index contributed by atoms with van der Waals surface area (Å²) in [5.74, 6) is 0.524. The third kappa shape index (κ3) is 3.77. The summed E-state index contributed by atoms with van der Waals surface area (Å²) in [6.45, 7) is 2.16. The lowest BCUT2D eigenvalue weighted by Crippen LogP contribution is -2.33. The standard InChI is InChI=1S/C19H20N2O5/c1-19(11-15(21-26-19)13-6-8-20-9-7-13)12-25-17-10-14(18(22)24-3)4-5-16(17)23-2/h4-10H,11-12H2,1-3H3. The molecule has 2 aromatic rings. The molecule has 0 radical (unpaired) electrons. The van der Waals surface area contributed by atoms with Gasteiger partial charge in [0, 0.05) is 24.4 Å². The zero-order valence-corrected chi connectivity index (χ0v) is 14.9. The third-order valence-electron chi connectivity index (χ3n) is 4.05. The first-order valence-corrected chi connectivity index (χ1v) is 8.09. The number of aromatic nitrogens is 1. The summed E-state index contributed by atoms with van der Waals surface area (Å²) in [7, 11) is 2.87. The summed E-state index contributed by atoms with van der Waals surface area (Å²) in [6, 6.07) is 8.65. The highest BCUT2D eigenvalue weighted by Crippen LogP contribution is 2.32. The Hall–Kier alpha value is -3.09. The quantitative estimate of drug-likeness (QED) is 0.741. The Balaban J connectivity index is 1.70. The molecule has 1 aromatic heterocycles. The first-order chi connectivity index (χ1) is 12.5. The first-order valence-electron chi connectivity index (χ1n) is 8.09. The highest BCUT2D eigenvalue weighted by Gasteiger charge is 2.36. The average molecular weight is 356 g/mol. The number of methoxy groups -OCH3 is 2. The lowest BCUT2D eigenvalue weighted by molar-refractivity contribution is -0.0361. The van der Waals surface area contributed by atoms with Crippen LogP contribution in [-0.4, -0.2) is 43.1 Å². The number of esters is 1. The van der Waals surface area contributed by atoms with Crippen molar-refractivity contribution in [3.63, 3.8) is 0 Å². The lowest BCUT2D eigenvalue weighted by Gasteiger charge is -2.22. The minimum atomic E-state index is -0.620. The maximum Gasteiger partial charge on any atom is 0.337 e. The topological polar surface area (TPSA) is 79.2 Å². The van der Waals surface area contributed by atoms with E-state index in [0.29, 0.717) is 23.5 Å². The molecule has 0 spiro atoms. The molecule has 1 unspecified atom stereocenters. The van der Waals surface area contributed by atoms with E-state index >= 15 is 0 Å². The van der Waals surface area contributed by atoms with Crippen LogP contribution in [0.2, 0.25) is 0 Å². The van der Waals surface area contributed by atoms with E-state index < -0.39 is 11.6 Å². The van der Waals surface area contributed by atoms with Crippen molar-refractivity contribution in [1.29, 1.82) is 0 Å². The number of rotatable bonds is 6. The molecule has 26 heavy (non-hydrogen) atoms. The number of carbonyl (C=O) groups is 1. The van der Waals surface area contributed by atoms with Crippen molar-refractivity contribution in [3.8, 4) is 11.5 Å². The number of pyridine rings is 1. The summed E-state index contributed by atoms with van der Waals surface area (Å²) < 4.78 is 15.9. The maximum absolute atomic E-state index is 11.7. The lowest BCUT2D eigenvalue weighted by atomic mass is 9.97. The van der Waals surface area contributed by atoms with E-state index in [1.165, 1.54) is 7.11 Å². The molecule has 0 N–H and O–H groups in total. The van der Waals surface area contributed by atoms with Gasteiger partial charge < -0.3 is 19.0 Å². The molecular formula is C19H20N2O5. The summed E-state index contributed by atoms with van der Waals surface area (Å²) in [5.41, 5.74) is 1.57. The van der Waals surface area contributed by atoms with Gasteiger partial charge >= 0.3 is 5.97 Å². The van der Waals surface area contributed by atoms with Gasteiger partial charge in [-0.2, -0.15) is 0 Å². The number of nitrogens with zero attached hydrogens (tertiary/aromatic N) is 2. The predicted molar refractivity (Wildman–Crippen MR) is 94.7 cm³/mol. The van der Waals surface area contributed by atoms with Crippen LogP contribution in [0.1, 0.15) is 29.3 Å². The minimum absolute atomic E-state index is 0.242. The molecule has 0 fully saturated rings. The van der Waals surface area contributed by atoms with Gasteiger partial charge in [0.15, 0.2) is 17.1 Å². The summed E-state index contributed by atoms with van der Waals surface area (Å²) in [6.07, 6.45) is 4.02. The van der Waals surface area contributed by atoms with E-state index in [2.05, 4.69) is 10.1 Å². The largest absolute Gasteiger partial charge is 0.493 e.